The molecule has 8 nitrogen and oxygen atoms in total. The van der Waals surface area contributed by atoms with E-state index in [1.54, 1.807) is 36.4 Å². The summed E-state index contributed by atoms with van der Waals surface area (Å²) in [6.07, 6.45) is 9.99. The Morgan fingerprint density at radius 1 is 0.935 bits per heavy atom. The van der Waals surface area contributed by atoms with Gasteiger partial charge in [-0.15, -0.1) is 0 Å². The third-order valence-corrected chi connectivity index (χ3v) is 16.3. The molecule has 0 unspecified atom stereocenters. The number of hydrogen-bond donors (Lipinski definition) is 2. The number of ether oxygens (including phenoxy) is 1. The molecule has 0 amide bonds. The van der Waals surface area contributed by atoms with Crippen LogP contribution < -0.4 is 0 Å². The van der Waals surface area contributed by atoms with Gasteiger partial charge in [0.15, 0.2) is 23.8 Å². The second-order valence-electron chi connectivity index (χ2n) is 13.5. The third kappa shape index (κ3) is 6.64. The van der Waals surface area contributed by atoms with Crippen molar-refractivity contribution < 1.29 is 36.6 Å². The number of aliphatic hydroxyl groups is 2. The first-order valence-corrected chi connectivity index (χ1v) is 19.2. The van der Waals surface area contributed by atoms with E-state index in [1.165, 1.54) is 37.8 Å². The summed E-state index contributed by atoms with van der Waals surface area (Å²) < 4.78 is 61.1. The van der Waals surface area contributed by atoms with Crippen molar-refractivity contribution in [1.29, 1.82) is 0 Å². The molecule has 10 heteroatoms. The van der Waals surface area contributed by atoms with Crippen LogP contribution in [0.2, 0.25) is 0 Å². The van der Waals surface area contributed by atoms with E-state index in [1.807, 2.05) is 25.2 Å². The maximum atomic E-state index is 14.7. The average molecular weight is 671 g/mol. The summed E-state index contributed by atoms with van der Waals surface area (Å²) in [5.74, 6) is -0.954. The first-order chi connectivity index (χ1) is 21.8. The van der Waals surface area contributed by atoms with E-state index < -0.39 is 54.3 Å². The van der Waals surface area contributed by atoms with E-state index in [9.17, 15) is 31.8 Å². The highest BCUT2D eigenvalue weighted by atomic mass is 32.3. The Labute approximate surface area is 273 Å². The Kier molecular flexibility index (Phi) is 10.3. The van der Waals surface area contributed by atoms with Gasteiger partial charge in [0.25, 0.3) is 0 Å². The third-order valence-electron chi connectivity index (χ3n) is 10.6. The smallest absolute Gasteiger partial charge is 0.305 e. The van der Waals surface area contributed by atoms with Crippen molar-refractivity contribution in [2.75, 3.05) is 7.11 Å². The largest absolute Gasteiger partial charge is 0.469 e. The predicted molar refractivity (Wildman–Crippen MR) is 176 cm³/mol. The van der Waals surface area contributed by atoms with Gasteiger partial charge in [-0.2, -0.15) is 0 Å². The van der Waals surface area contributed by atoms with Crippen LogP contribution in [0.25, 0.3) is 0 Å². The van der Waals surface area contributed by atoms with Crippen molar-refractivity contribution in [3.63, 3.8) is 0 Å². The monoisotopic (exact) mass is 670 g/mol. The van der Waals surface area contributed by atoms with Gasteiger partial charge in [0.1, 0.15) is 0 Å². The summed E-state index contributed by atoms with van der Waals surface area (Å²) in [6.45, 7) is 1.83. The summed E-state index contributed by atoms with van der Waals surface area (Å²) in [6, 6.07) is 15.1. The van der Waals surface area contributed by atoms with Crippen LogP contribution in [0.4, 0.5) is 0 Å². The van der Waals surface area contributed by atoms with Crippen molar-refractivity contribution in [1.82, 2.24) is 0 Å². The molecule has 2 N–H and O–H groups in total. The van der Waals surface area contributed by atoms with Crippen LogP contribution in [-0.4, -0.2) is 55.9 Å². The summed E-state index contributed by atoms with van der Waals surface area (Å²) in [5.41, 5.74) is -0.327. The van der Waals surface area contributed by atoms with Crippen molar-refractivity contribution in [3.8, 4) is 0 Å². The molecule has 0 radical (unpaired) electrons. The van der Waals surface area contributed by atoms with E-state index in [-0.39, 0.29) is 39.9 Å². The molecule has 0 spiro atoms. The van der Waals surface area contributed by atoms with Crippen molar-refractivity contribution >= 4 is 25.6 Å². The number of allylic oxidation sites excluding steroid dienone is 2. The van der Waals surface area contributed by atoms with Gasteiger partial charge < -0.3 is 14.9 Å². The van der Waals surface area contributed by atoms with Gasteiger partial charge in [0.05, 0.1) is 28.6 Å². The number of benzene rings is 2. The molecule has 2 saturated carbocycles. The van der Waals surface area contributed by atoms with Gasteiger partial charge >= 0.3 is 5.97 Å². The number of methoxy groups -OCH3 is 1. The number of hydrogen-bond acceptors (Lipinski definition) is 8. The lowest BCUT2D eigenvalue weighted by Crippen LogP contribution is -2.47. The number of rotatable bonds is 12. The van der Waals surface area contributed by atoms with Crippen molar-refractivity contribution in [2.24, 2.45) is 23.7 Å². The minimum Gasteiger partial charge on any atom is -0.469 e. The summed E-state index contributed by atoms with van der Waals surface area (Å²) in [7, 11) is -7.98. The lowest BCUT2D eigenvalue weighted by Gasteiger charge is -2.34. The van der Waals surface area contributed by atoms with Crippen LogP contribution in [0.1, 0.15) is 71.1 Å². The molecule has 0 aliphatic heterocycles. The number of fused-ring (bicyclic) bond motifs is 1. The van der Waals surface area contributed by atoms with Gasteiger partial charge in [-0.25, -0.2) is 16.8 Å². The molecule has 2 aromatic rings. The van der Waals surface area contributed by atoms with Gasteiger partial charge in [-0.05, 0) is 81.0 Å². The highest BCUT2D eigenvalue weighted by molar-refractivity contribution is 8.10. The Bertz CT molecular complexity index is 1570. The number of aliphatic hydroxyl groups excluding tert-OH is 1. The zero-order valence-electron chi connectivity index (χ0n) is 26.6. The predicted octanol–water partition coefficient (Wildman–Crippen LogP) is 5.80. The van der Waals surface area contributed by atoms with E-state index in [4.69, 9.17) is 4.74 Å². The zero-order chi connectivity index (χ0) is 33.2. The standard InChI is InChI=1S/C36H46O8S2/c1-35(39,28-12-6-3-7-13-28)20-18-31-32-23-26(22-27(32)24-33(31)37)25-36(21-19-34(38)44-2,45(40,41)29-14-8-4-9-15-29)46(42,43)30-16-10-5-11-17-30/h4-5,8-11,14-18,20,22,27-28,31-33,37,39H,3,6-7,12-13,19,21,23-25H2,1-2H3/b20-18+/t27-,31-,32-,33+,35+/m0/s1. The normalized spacial score (nSPS) is 25.6. The maximum Gasteiger partial charge on any atom is 0.305 e. The number of carbonyl (C=O) groups is 1. The second kappa shape index (κ2) is 13.7. The summed E-state index contributed by atoms with van der Waals surface area (Å²) in [4.78, 5) is 12.2. The minimum atomic E-state index is -4.58. The number of sulfone groups is 2. The number of esters is 1. The molecule has 2 aromatic carbocycles. The maximum absolute atomic E-state index is 14.7. The molecule has 3 aliphatic carbocycles. The lowest BCUT2D eigenvalue weighted by molar-refractivity contribution is -0.140. The molecule has 46 heavy (non-hydrogen) atoms. The topological polar surface area (TPSA) is 135 Å². The molecule has 3 aliphatic rings. The summed E-state index contributed by atoms with van der Waals surface area (Å²) >= 11 is 0. The van der Waals surface area contributed by atoms with Gasteiger partial charge in [-0.1, -0.05) is 79.5 Å². The zero-order valence-corrected chi connectivity index (χ0v) is 28.3. The van der Waals surface area contributed by atoms with Crippen molar-refractivity contribution in [3.05, 3.63) is 84.5 Å². The van der Waals surface area contributed by atoms with E-state index in [0.29, 0.717) is 18.4 Å². The molecule has 0 saturated heterocycles. The summed E-state index contributed by atoms with van der Waals surface area (Å²) in [5, 5.41) is 22.3. The van der Waals surface area contributed by atoms with Crippen LogP contribution in [0, 0.1) is 23.7 Å². The molecule has 5 atom stereocenters. The molecule has 0 aromatic heterocycles. The Hall–Kier alpha value is -2.79. The van der Waals surface area contributed by atoms with E-state index in [0.717, 1.165) is 25.7 Å². The minimum absolute atomic E-state index is 0.0689. The van der Waals surface area contributed by atoms with Crippen LogP contribution in [0.15, 0.2) is 94.3 Å². The Morgan fingerprint density at radius 3 is 2.04 bits per heavy atom. The molecule has 2 fully saturated rings. The highest BCUT2D eigenvalue weighted by Crippen LogP contribution is 2.52. The van der Waals surface area contributed by atoms with E-state index >= 15 is 0 Å². The van der Waals surface area contributed by atoms with Crippen LogP contribution in [0.5, 0.6) is 0 Å². The molecular weight excluding hydrogens is 625 g/mol. The average Bonchev–Trinajstić information content (AvgIpc) is 3.58. The Morgan fingerprint density at radius 2 is 1.50 bits per heavy atom. The first-order valence-electron chi connectivity index (χ1n) is 16.3. The molecule has 5 rings (SSSR count). The van der Waals surface area contributed by atoms with Gasteiger partial charge in [0, 0.05) is 18.8 Å². The molecule has 250 valence electrons. The number of carbonyl (C=O) groups excluding carboxylic acids is 1. The van der Waals surface area contributed by atoms with Gasteiger partial charge in [-0.3, -0.25) is 4.79 Å². The fourth-order valence-corrected chi connectivity index (χ4v) is 13.0. The van der Waals surface area contributed by atoms with Crippen LogP contribution >= 0.6 is 0 Å². The SMILES string of the molecule is COC(=O)CCC(CC1=C[C@H]2C[C@@H](O)[C@@H](/C=C/[C@@](C)(O)C3CCCCC3)[C@H]2C1)(S(=O)(=O)c1ccccc1)S(=O)(=O)c1ccccc1. The van der Waals surface area contributed by atoms with Crippen LogP contribution in [-0.2, 0) is 29.2 Å². The van der Waals surface area contributed by atoms with E-state index in [2.05, 4.69) is 0 Å². The highest BCUT2D eigenvalue weighted by Gasteiger charge is 2.57. The van der Waals surface area contributed by atoms with Crippen molar-refractivity contribution in [2.45, 2.75) is 96.7 Å². The second-order valence-corrected chi connectivity index (χ2v) is 18.2. The quantitative estimate of drug-likeness (QED) is 0.214. The van der Waals surface area contributed by atoms with Gasteiger partial charge in [0.2, 0.25) is 0 Å². The molecular formula is C36H46O8S2. The lowest BCUT2D eigenvalue weighted by atomic mass is 9.77. The fourth-order valence-electron chi connectivity index (χ4n) is 7.93. The van der Waals surface area contributed by atoms with Crippen LogP contribution in [0.3, 0.4) is 0 Å². The fraction of sp³-hybridized carbons (Fsp3) is 0.528. The molecule has 0 heterocycles. The first kappa shape index (κ1) is 34.5. The molecule has 0 bridgehead atoms. The Balaban J connectivity index is 1.52.